The van der Waals surface area contributed by atoms with Crippen molar-refractivity contribution in [2.45, 2.75) is 239 Å². The second-order valence-electron chi connectivity index (χ2n) is 16.7. The van der Waals surface area contributed by atoms with Crippen molar-refractivity contribution in [2.75, 3.05) is 40.0 Å². The molecule has 0 aromatic heterocycles. The Morgan fingerprint density at radius 3 is 1.47 bits per heavy atom. The minimum atomic E-state index is -0.634. The molecule has 0 rings (SSSR count). The highest BCUT2D eigenvalue weighted by atomic mass is 16.6. The second-order valence-corrected chi connectivity index (χ2v) is 16.7. The van der Waals surface area contributed by atoms with Crippen LogP contribution in [0.5, 0.6) is 0 Å². The van der Waals surface area contributed by atoms with Crippen molar-refractivity contribution in [3.63, 3.8) is 0 Å². The predicted octanol–water partition coefficient (Wildman–Crippen LogP) is 13.2. The van der Waals surface area contributed by atoms with Gasteiger partial charge in [0.1, 0.15) is 0 Å². The molecule has 0 fully saturated rings. The van der Waals surface area contributed by atoms with E-state index in [0.29, 0.717) is 19.1 Å². The van der Waals surface area contributed by atoms with Crippen LogP contribution in [0.4, 0.5) is 0 Å². The zero-order chi connectivity index (χ0) is 39.0. The van der Waals surface area contributed by atoms with E-state index in [-0.39, 0.29) is 24.4 Å². The van der Waals surface area contributed by atoms with Crippen molar-refractivity contribution in [3.8, 4) is 0 Å². The SMILES string of the molecule is CCCCCCCCC(CCCCCC)C(=O)OCCCCC(CCCCOC(O)C(CCCCCC)CCCCCCCC)CN(C)CCCCO. The maximum atomic E-state index is 13.1. The molecule has 53 heavy (non-hydrogen) atoms. The molecule has 0 spiro atoms. The lowest BCUT2D eigenvalue weighted by Gasteiger charge is -2.25. The molecule has 0 bridgehead atoms. The Morgan fingerprint density at radius 2 is 0.962 bits per heavy atom. The summed E-state index contributed by atoms with van der Waals surface area (Å²) in [7, 11) is 2.21. The zero-order valence-corrected chi connectivity index (χ0v) is 36.5. The maximum Gasteiger partial charge on any atom is 0.308 e. The highest BCUT2D eigenvalue weighted by molar-refractivity contribution is 5.72. The Bertz CT molecular complexity index is 736. The zero-order valence-electron chi connectivity index (χ0n) is 36.5. The van der Waals surface area contributed by atoms with E-state index in [1.165, 1.54) is 116 Å². The molecule has 4 atom stereocenters. The number of aliphatic hydroxyl groups is 2. The molecular weight excluding hydrogens is 659 g/mol. The summed E-state index contributed by atoms with van der Waals surface area (Å²) < 4.78 is 12.0. The van der Waals surface area contributed by atoms with Gasteiger partial charge in [0.05, 0.1) is 12.5 Å². The van der Waals surface area contributed by atoms with Gasteiger partial charge in [-0.05, 0) is 90.1 Å². The molecule has 0 saturated heterocycles. The molecule has 0 saturated carbocycles. The summed E-state index contributed by atoms with van der Waals surface area (Å²) >= 11 is 0. The lowest BCUT2D eigenvalue weighted by Crippen LogP contribution is -2.27. The molecule has 0 amide bonds. The van der Waals surface area contributed by atoms with Crippen molar-refractivity contribution in [2.24, 2.45) is 17.8 Å². The average Bonchev–Trinajstić information content (AvgIpc) is 3.15. The highest BCUT2D eigenvalue weighted by Gasteiger charge is 2.21. The normalized spacial score (nSPS) is 14.1. The largest absolute Gasteiger partial charge is 0.465 e. The first-order chi connectivity index (χ1) is 25.9. The van der Waals surface area contributed by atoms with Gasteiger partial charge in [-0.1, -0.05) is 163 Å². The van der Waals surface area contributed by atoms with Gasteiger partial charge < -0.3 is 24.6 Å². The summed E-state index contributed by atoms with van der Waals surface area (Å²) in [5, 5.41) is 20.3. The fraction of sp³-hybridized carbons (Fsp3) is 0.979. The molecule has 0 aromatic rings. The van der Waals surface area contributed by atoms with Crippen molar-refractivity contribution in [1.82, 2.24) is 4.90 Å². The number of unbranched alkanes of at least 4 members (excludes halogenated alkanes) is 19. The lowest BCUT2D eigenvalue weighted by atomic mass is 9.93. The molecule has 0 aliphatic rings. The van der Waals surface area contributed by atoms with Gasteiger partial charge in [-0.25, -0.2) is 0 Å². The fourth-order valence-electron chi connectivity index (χ4n) is 7.87. The molecular formula is C47H95NO5. The molecule has 318 valence electrons. The predicted molar refractivity (Wildman–Crippen MR) is 228 cm³/mol. The van der Waals surface area contributed by atoms with Gasteiger partial charge in [0.15, 0.2) is 6.29 Å². The number of carbonyl (C=O) groups is 1. The smallest absolute Gasteiger partial charge is 0.308 e. The standard InChI is InChI=1S/C47H95NO5/c1-6-10-14-18-20-24-36-44(34-22-16-12-8-3)46(50)52-40-30-26-32-43(42-48(5)38-28-29-39-49)33-27-31-41-53-47(51)45(35-23-17-13-9-4)37-25-21-19-15-11-7-2/h43-46,49-50H,6-42H2,1-5H3. The number of hydrogen-bond donors (Lipinski definition) is 2. The third kappa shape index (κ3) is 34.3. The minimum absolute atomic E-state index is 0.0487. The molecule has 0 radical (unpaired) electrons. The van der Waals surface area contributed by atoms with Gasteiger partial charge >= 0.3 is 5.97 Å². The van der Waals surface area contributed by atoms with Crippen LogP contribution in [0, 0.1) is 17.8 Å². The number of rotatable bonds is 43. The summed E-state index contributed by atoms with van der Waals surface area (Å²) in [5.74, 6) is 0.977. The number of ether oxygens (including phenoxy) is 2. The summed E-state index contributed by atoms with van der Waals surface area (Å²) in [6, 6.07) is 0. The number of carbonyl (C=O) groups excluding carboxylic acids is 1. The molecule has 0 heterocycles. The third-order valence-corrected chi connectivity index (χ3v) is 11.5. The monoisotopic (exact) mass is 754 g/mol. The van der Waals surface area contributed by atoms with Gasteiger partial charge in [0.25, 0.3) is 0 Å². The Morgan fingerprint density at radius 1 is 0.528 bits per heavy atom. The molecule has 6 heteroatoms. The van der Waals surface area contributed by atoms with E-state index >= 15 is 0 Å². The van der Waals surface area contributed by atoms with Crippen LogP contribution in [0.3, 0.4) is 0 Å². The van der Waals surface area contributed by atoms with Crippen molar-refractivity contribution >= 4 is 5.97 Å². The number of hydrogen-bond acceptors (Lipinski definition) is 6. The van der Waals surface area contributed by atoms with Gasteiger partial charge in [-0.2, -0.15) is 0 Å². The molecule has 0 aromatic carbocycles. The minimum Gasteiger partial charge on any atom is -0.465 e. The lowest BCUT2D eigenvalue weighted by molar-refractivity contribution is -0.149. The van der Waals surface area contributed by atoms with E-state index < -0.39 is 6.29 Å². The topological polar surface area (TPSA) is 79.2 Å². The molecule has 2 N–H and O–H groups in total. The van der Waals surface area contributed by atoms with Gasteiger partial charge in [0.2, 0.25) is 0 Å². The van der Waals surface area contributed by atoms with Crippen LogP contribution in [-0.4, -0.2) is 67.3 Å². The van der Waals surface area contributed by atoms with Crippen LogP contribution in [0.2, 0.25) is 0 Å². The first-order valence-corrected chi connectivity index (χ1v) is 23.7. The van der Waals surface area contributed by atoms with E-state index in [4.69, 9.17) is 9.47 Å². The summed E-state index contributed by atoms with van der Waals surface area (Å²) in [6.45, 7) is 12.5. The maximum absolute atomic E-state index is 13.1. The Balaban J connectivity index is 4.80. The van der Waals surface area contributed by atoms with E-state index in [1.54, 1.807) is 0 Å². The van der Waals surface area contributed by atoms with Gasteiger partial charge in [0, 0.05) is 25.7 Å². The molecule has 6 nitrogen and oxygen atoms in total. The fourth-order valence-corrected chi connectivity index (χ4v) is 7.87. The van der Waals surface area contributed by atoms with Crippen LogP contribution in [-0.2, 0) is 14.3 Å². The Labute approximate surface area is 331 Å². The van der Waals surface area contributed by atoms with Crippen molar-refractivity contribution < 1.29 is 24.5 Å². The molecule has 0 aliphatic carbocycles. The Hall–Kier alpha value is -0.690. The Kier molecular flexibility index (Phi) is 40.4. The van der Waals surface area contributed by atoms with Crippen molar-refractivity contribution in [1.29, 1.82) is 0 Å². The summed E-state index contributed by atoms with van der Waals surface area (Å²) in [6.07, 6.45) is 36.9. The van der Waals surface area contributed by atoms with E-state index in [9.17, 15) is 15.0 Å². The van der Waals surface area contributed by atoms with E-state index in [2.05, 4.69) is 39.6 Å². The van der Waals surface area contributed by atoms with Gasteiger partial charge in [-0.3, -0.25) is 4.79 Å². The highest BCUT2D eigenvalue weighted by Crippen LogP contribution is 2.25. The quantitative estimate of drug-likeness (QED) is 0.0367. The number of esters is 1. The first-order valence-electron chi connectivity index (χ1n) is 23.7. The third-order valence-electron chi connectivity index (χ3n) is 11.5. The van der Waals surface area contributed by atoms with E-state index in [0.717, 1.165) is 103 Å². The van der Waals surface area contributed by atoms with Gasteiger partial charge in [-0.15, -0.1) is 0 Å². The number of aliphatic hydroxyl groups excluding tert-OH is 2. The van der Waals surface area contributed by atoms with Crippen molar-refractivity contribution in [3.05, 3.63) is 0 Å². The molecule has 4 unspecified atom stereocenters. The number of nitrogens with zero attached hydrogens (tertiary/aromatic N) is 1. The average molecular weight is 754 g/mol. The van der Waals surface area contributed by atoms with Crippen LogP contribution in [0.1, 0.15) is 233 Å². The summed E-state index contributed by atoms with van der Waals surface area (Å²) in [5.41, 5.74) is 0. The van der Waals surface area contributed by atoms with Crippen LogP contribution < -0.4 is 0 Å². The van der Waals surface area contributed by atoms with Crippen LogP contribution in [0.25, 0.3) is 0 Å². The van der Waals surface area contributed by atoms with Crippen LogP contribution >= 0.6 is 0 Å². The molecule has 0 aliphatic heterocycles. The van der Waals surface area contributed by atoms with E-state index in [1.807, 2.05) is 0 Å². The first kappa shape index (κ1) is 52.3. The summed E-state index contributed by atoms with van der Waals surface area (Å²) in [4.78, 5) is 15.6. The van der Waals surface area contributed by atoms with Crippen LogP contribution in [0.15, 0.2) is 0 Å². The second kappa shape index (κ2) is 41.0.